The van der Waals surface area contributed by atoms with Crippen molar-refractivity contribution in [3.63, 3.8) is 0 Å². The molecule has 0 saturated carbocycles. The number of benzene rings is 2. The van der Waals surface area contributed by atoms with E-state index in [-0.39, 0.29) is 5.82 Å². The zero-order chi connectivity index (χ0) is 13.4. The molecule has 2 aromatic rings. The third kappa shape index (κ3) is 2.20. The SMILES string of the molecule is NCc1cc(Cl)ccc1N1CCc2ccc(F)cc21. The molecule has 0 spiro atoms. The normalized spacial score (nSPS) is 13.7. The molecular formula is C15H14ClFN2. The van der Waals surface area contributed by atoms with Crippen LogP contribution in [0.4, 0.5) is 15.8 Å². The van der Waals surface area contributed by atoms with Crippen LogP contribution in [0.15, 0.2) is 36.4 Å². The lowest BCUT2D eigenvalue weighted by atomic mass is 10.1. The molecule has 0 saturated heterocycles. The van der Waals surface area contributed by atoms with Crippen LogP contribution in [0.2, 0.25) is 5.02 Å². The van der Waals surface area contributed by atoms with E-state index in [1.165, 1.54) is 11.6 Å². The summed E-state index contributed by atoms with van der Waals surface area (Å²) in [6.07, 6.45) is 0.919. The van der Waals surface area contributed by atoms with Crippen LogP contribution in [0.25, 0.3) is 0 Å². The van der Waals surface area contributed by atoms with Gasteiger partial charge in [0.15, 0.2) is 0 Å². The van der Waals surface area contributed by atoms with Gasteiger partial charge < -0.3 is 10.6 Å². The lowest BCUT2D eigenvalue weighted by Crippen LogP contribution is -2.16. The molecule has 1 heterocycles. The molecule has 4 heteroatoms. The van der Waals surface area contributed by atoms with Crippen LogP contribution in [-0.2, 0) is 13.0 Å². The summed E-state index contributed by atoms with van der Waals surface area (Å²) < 4.78 is 13.4. The quantitative estimate of drug-likeness (QED) is 0.907. The van der Waals surface area contributed by atoms with Crippen molar-refractivity contribution < 1.29 is 4.39 Å². The molecule has 2 nitrogen and oxygen atoms in total. The van der Waals surface area contributed by atoms with Gasteiger partial charge in [-0.1, -0.05) is 17.7 Å². The number of fused-ring (bicyclic) bond motifs is 1. The van der Waals surface area contributed by atoms with Crippen molar-refractivity contribution in [1.82, 2.24) is 0 Å². The monoisotopic (exact) mass is 276 g/mol. The Morgan fingerprint density at radius 2 is 2.00 bits per heavy atom. The highest BCUT2D eigenvalue weighted by atomic mass is 35.5. The number of hydrogen-bond acceptors (Lipinski definition) is 2. The number of hydrogen-bond donors (Lipinski definition) is 1. The summed E-state index contributed by atoms with van der Waals surface area (Å²) in [6, 6.07) is 10.6. The van der Waals surface area contributed by atoms with Gasteiger partial charge in [0, 0.05) is 29.5 Å². The Bertz CT molecular complexity index is 628. The van der Waals surface area contributed by atoms with Crippen molar-refractivity contribution in [2.75, 3.05) is 11.4 Å². The first-order valence-electron chi connectivity index (χ1n) is 6.23. The van der Waals surface area contributed by atoms with Crippen molar-refractivity contribution in [2.45, 2.75) is 13.0 Å². The minimum atomic E-state index is -0.214. The zero-order valence-corrected chi connectivity index (χ0v) is 11.1. The van der Waals surface area contributed by atoms with E-state index in [1.807, 2.05) is 24.3 Å². The molecule has 98 valence electrons. The van der Waals surface area contributed by atoms with Crippen LogP contribution in [0.3, 0.4) is 0 Å². The summed E-state index contributed by atoms with van der Waals surface area (Å²) in [5.41, 5.74) is 9.86. The van der Waals surface area contributed by atoms with E-state index in [4.69, 9.17) is 17.3 Å². The maximum Gasteiger partial charge on any atom is 0.125 e. The van der Waals surface area contributed by atoms with E-state index in [1.54, 1.807) is 6.07 Å². The van der Waals surface area contributed by atoms with Crippen LogP contribution in [0.1, 0.15) is 11.1 Å². The molecule has 2 N–H and O–H groups in total. The third-order valence-corrected chi connectivity index (χ3v) is 3.73. The molecule has 2 aromatic carbocycles. The van der Waals surface area contributed by atoms with Gasteiger partial charge in [-0.25, -0.2) is 4.39 Å². The minimum absolute atomic E-state index is 0.214. The van der Waals surface area contributed by atoms with Gasteiger partial charge in [0.2, 0.25) is 0 Å². The van der Waals surface area contributed by atoms with Crippen molar-refractivity contribution >= 4 is 23.0 Å². The fraction of sp³-hybridized carbons (Fsp3) is 0.200. The van der Waals surface area contributed by atoms with Crippen molar-refractivity contribution in [3.05, 3.63) is 58.4 Å². The first-order valence-corrected chi connectivity index (χ1v) is 6.61. The summed E-state index contributed by atoms with van der Waals surface area (Å²) in [4.78, 5) is 2.11. The Kier molecular flexibility index (Phi) is 3.17. The fourth-order valence-corrected chi connectivity index (χ4v) is 2.78. The highest BCUT2D eigenvalue weighted by Gasteiger charge is 2.22. The number of rotatable bonds is 2. The average Bonchev–Trinajstić information content (AvgIpc) is 2.81. The minimum Gasteiger partial charge on any atom is -0.341 e. The van der Waals surface area contributed by atoms with Crippen molar-refractivity contribution in [3.8, 4) is 0 Å². The number of nitrogens with zero attached hydrogens (tertiary/aromatic N) is 1. The molecule has 0 atom stereocenters. The molecule has 0 amide bonds. The molecule has 19 heavy (non-hydrogen) atoms. The molecule has 0 bridgehead atoms. The first kappa shape index (κ1) is 12.5. The molecule has 0 unspecified atom stereocenters. The zero-order valence-electron chi connectivity index (χ0n) is 10.4. The van der Waals surface area contributed by atoms with Crippen LogP contribution >= 0.6 is 11.6 Å². The van der Waals surface area contributed by atoms with E-state index >= 15 is 0 Å². The summed E-state index contributed by atoms with van der Waals surface area (Å²) in [6.45, 7) is 1.25. The Morgan fingerprint density at radius 1 is 1.16 bits per heavy atom. The molecular weight excluding hydrogens is 263 g/mol. The topological polar surface area (TPSA) is 29.3 Å². The second-order valence-corrected chi connectivity index (χ2v) is 5.09. The predicted molar refractivity (Wildman–Crippen MR) is 76.5 cm³/mol. The van der Waals surface area contributed by atoms with E-state index in [0.29, 0.717) is 11.6 Å². The smallest absolute Gasteiger partial charge is 0.125 e. The van der Waals surface area contributed by atoms with E-state index in [2.05, 4.69) is 4.90 Å². The number of nitrogens with two attached hydrogens (primary N) is 1. The Labute approximate surface area is 116 Å². The molecule has 0 aliphatic carbocycles. The first-order chi connectivity index (χ1) is 9.19. The predicted octanol–water partition coefficient (Wildman–Crippen LogP) is 3.63. The summed E-state index contributed by atoms with van der Waals surface area (Å²) in [5.74, 6) is -0.214. The lowest BCUT2D eigenvalue weighted by Gasteiger charge is -2.22. The molecule has 0 aromatic heterocycles. The lowest BCUT2D eigenvalue weighted by molar-refractivity contribution is 0.628. The highest BCUT2D eigenvalue weighted by molar-refractivity contribution is 6.30. The van der Waals surface area contributed by atoms with Crippen LogP contribution < -0.4 is 10.6 Å². The van der Waals surface area contributed by atoms with Gasteiger partial charge in [0.1, 0.15) is 5.82 Å². The van der Waals surface area contributed by atoms with Gasteiger partial charge >= 0.3 is 0 Å². The van der Waals surface area contributed by atoms with Crippen molar-refractivity contribution in [1.29, 1.82) is 0 Å². The van der Waals surface area contributed by atoms with Crippen LogP contribution in [0.5, 0.6) is 0 Å². The van der Waals surface area contributed by atoms with Gasteiger partial charge in [-0.05, 0) is 47.9 Å². The Balaban J connectivity index is 2.08. The summed E-state index contributed by atoms with van der Waals surface area (Å²) in [5, 5.41) is 0.669. The van der Waals surface area contributed by atoms with E-state index < -0.39 is 0 Å². The number of anilines is 2. The third-order valence-electron chi connectivity index (χ3n) is 3.50. The van der Waals surface area contributed by atoms with E-state index in [0.717, 1.165) is 29.9 Å². The summed E-state index contributed by atoms with van der Waals surface area (Å²) in [7, 11) is 0. The fourth-order valence-electron chi connectivity index (χ4n) is 2.58. The van der Waals surface area contributed by atoms with Gasteiger partial charge in [-0.2, -0.15) is 0 Å². The van der Waals surface area contributed by atoms with Crippen LogP contribution in [-0.4, -0.2) is 6.54 Å². The maximum atomic E-state index is 13.4. The van der Waals surface area contributed by atoms with E-state index in [9.17, 15) is 4.39 Å². The standard InChI is InChI=1S/C15H14ClFN2/c16-12-2-4-14(11(7-12)9-18)19-6-5-10-1-3-13(17)8-15(10)19/h1-4,7-8H,5-6,9,18H2. The second kappa shape index (κ2) is 4.83. The van der Waals surface area contributed by atoms with Gasteiger partial charge in [0.05, 0.1) is 0 Å². The van der Waals surface area contributed by atoms with Crippen LogP contribution in [0, 0.1) is 5.82 Å². The highest BCUT2D eigenvalue weighted by Crippen LogP contribution is 2.37. The molecule has 0 fully saturated rings. The van der Waals surface area contributed by atoms with Crippen molar-refractivity contribution in [2.24, 2.45) is 5.73 Å². The Morgan fingerprint density at radius 3 is 2.79 bits per heavy atom. The largest absolute Gasteiger partial charge is 0.341 e. The molecule has 0 radical (unpaired) electrons. The van der Waals surface area contributed by atoms with Gasteiger partial charge in [-0.3, -0.25) is 0 Å². The van der Waals surface area contributed by atoms with Gasteiger partial charge in [0.25, 0.3) is 0 Å². The maximum absolute atomic E-state index is 13.4. The second-order valence-electron chi connectivity index (χ2n) is 4.65. The Hall–Kier alpha value is -1.58. The molecule has 1 aliphatic heterocycles. The molecule has 3 rings (SSSR count). The average molecular weight is 277 g/mol. The molecule has 1 aliphatic rings. The van der Waals surface area contributed by atoms with Gasteiger partial charge in [-0.15, -0.1) is 0 Å². The number of halogens is 2. The summed E-state index contributed by atoms with van der Waals surface area (Å²) >= 11 is 5.99.